The van der Waals surface area contributed by atoms with Gasteiger partial charge < -0.3 is 15.8 Å². The highest BCUT2D eigenvalue weighted by molar-refractivity contribution is 6.35. The fourth-order valence-corrected chi connectivity index (χ4v) is 2.11. The van der Waals surface area contributed by atoms with Crippen molar-refractivity contribution in [3.8, 4) is 0 Å². The van der Waals surface area contributed by atoms with Crippen LogP contribution in [0.4, 0.5) is 9.18 Å². The van der Waals surface area contributed by atoms with Crippen molar-refractivity contribution in [1.82, 2.24) is 5.32 Å². The van der Waals surface area contributed by atoms with E-state index >= 15 is 0 Å². The number of hydrogen-bond donors (Lipinski definition) is 2. The minimum atomic E-state index is -0.604. The minimum Gasteiger partial charge on any atom is -0.444 e. The molecule has 4 nitrogen and oxygen atoms in total. The van der Waals surface area contributed by atoms with E-state index in [1.807, 2.05) is 0 Å². The molecular formula is C14H19Cl2FN2O2. The van der Waals surface area contributed by atoms with Gasteiger partial charge >= 0.3 is 6.09 Å². The highest BCUT2D eigenvalue weighted by Gasteiger charge is 2.20. The van der Waals surface area contributed by atoms with Crippen molar-refractivity contribution >= 4 is 29.3 Å². The van der Waals surface area contributed by atoms with E-state index in [4.69, 9.17) is 33.7 Å². The Labute approximate surface area is 133 Å². The number of halogens is 3. The van der Waals surface area contributed by atoms with Crippen LogP contribution in [0.15, 0.2) is 12.1 Å². The third kappa shape index (κ3) is 6.08. The Morgan fingerprint density at radius 3 is 2.52 bits per heavy atom. The Balaban J connectivity index is 2.75. The standard InChI is InChI=1S/C14H19Cl2FN2O2/c1-14(2,3)21-13(20)19-9(7-18)4-8-5-12(17)11(16)6-10(8)15/h5-6,9H,4,7,18H2,1-3H3,(H,19,20). The molecule has 1 unspecified atom stereocenters. The zero-order chi connectivity index (χ0) is 16.2. The Hall–Kier alpha value is -1.04. The van der Waals surface area contributed by atoms with Crippen molar-refractivity contribution in [2.24, 2.45) is 5.73 Å². The van der Waals surface area contributed by atoms with Crippen LogP contribution in [0.3, 0.4) is 0 Å². The second kappa shape index (κ2) is 7.29. The van der Waals surface area contributed by atoms with Crippen molar-refractivity contribution < 1.29 is 13.9 Å². The van der Waals surface area contributed by atoms with Crippen LogP contribution in [0.1, 0.15) is 26.3 Å². The van der Waals surface area contributed by atoms with Crippen LogP contribution in [-0.4, -0.2) is 24.3 Å². The molecule has 0 spiro atoms. The molecule has 0 fully saturated rings. The maximum absolute atomic E-state index is 13.5. The molecule has 0 saturated carbocycles. The summed E-state index contributed by atoms with van der Waals surface area (Å²) >= 11 is 11.6. The zero-order valence-corrected chi connectivity index (χ0v) is 13.7. The Morgan fingerprint density at radius 2 is 2.00 bits per heavy atom. The van der Waals surface area contributed by atoms with Gasteiger partial charge in [-0.15, -0.1) is 0 Å². The molecule has 21 heavy (non-hydrogen) atoms. The lowest BCUT2D eigenvalue weighted by Crippen LogP contribution is -2.44. The van der Waals surface area contributed by atoms with Crippen molar-refractivity contribution in [3.05, 3.63) is 33.6 Å². The molecule has 7 heteroatoms. The maximum Gasteiger partial charge on any atom is 0.407 e. The molecule has 0 aliphatic rings. The van der Waals surface area contributed by atoms with Crippen molar-refractivity contribution in [3.63, 3.8) is 0 Å². The normalized spacial score (nSPS) is 12.9. The first-order valence-corrected chi connectivity index (χ1v) is 7.21. The van der Waals surface area contributed by atoms with Crippen LogP contribution < -0.4 is 11.1 Å². The predicted molar refractivity (Wildman–Crippen MR) is 82.3 cm³/mol. The lowest BCUT2D eigenvalue weighted by molar-refractivity contribution is 0.0506. The SMILES string of the molecule is CC(C)(C)OC(=O)NC(CN)Cc1cc(F)c(Cl)cc1Cl. The molecule has 118 valence electrons. The maximum atomic E-state index is 13.5. The number of ether oxygens (including phenoxy) is 1. The summed E-state index contributed by atoms with van der Waals surface area (Å²) in [6, 6.07) is 2.15. The summed E-state index contributed by atoms with van der Waals surface area (Å²) in [6.07, 6.45) is -0.300. The molecule has 1 aromatic carbocycles. The Bertz CT molecular complexity index is 518. The van der Waals surface area contributed by atoms with Gasteiger partial charge in [0.15, 0.2) is 0 Å². The summed E-state index contributed by atoms with van der Waals surface area (Å²) in [6.45, 7) is 5.44. The van der Waals surface area contributed by atoms with E-state index < -0.39 is 23.6 Å². The van der Waals surface area contributed by atoms with Gasteiger partial charge in [-0.3, -0.25) is 0 Å². The Kier molecular flexibility index (Phi) is 6.25. The molecule has 1 amide bonds. The van der Waals surface area contributed by atoms with E-state index in [1.54, 1.807) is 20.8 Å². The minimum absolute atomic E-state index is 0.0480. The number of carbonyl (C=O) groups is 1. The summed E-state index contributed by atoms with van der Waals surface area (Å²) < 4.78 is 18.6. The fraction of sp³-hybridized carbons (Fsp3) is 0.500. The molecule has 0 heterocycles. The molecule has 0 bridgehead atoms. The number of carbonyl (C=O) groups excluding carboxylic acids is 1. The molecular weight excluding hydrogens is 318 g/mol. The average molecular weight is 337 g/mol. The van der Waals surface area contributed by atoms with Crippen LogP contribution >= 0.6 is 23.2 Å². The van der Waals surface area contributed by atoms with Gasteiger partial charge in [-0.2, -0.15) is 0 Å². The molecule has 0 aromatic heterocycles. The van der Waals surface area contributed by atoms with E-state index in [9.17, 15) is 9.18 Å². The van der Waals surface area contributed by atoms with Gasteiger partial charge in [0, 0.05) is 17.6 Å². The first kappa shape index (κ1) is 18.0. The van der Waals surface area contributed by atoms with Gasteiger partial charge in [0.05, 0.1) is 5.02 Å². The van der Waals surface area contributed by atoms with Gasteiger partial charge in [0.1, 0.15) is 11.4 Å². The molecule has 0 radical (unpaired) electrons. The first-order valence-electron chi connectivity index (χ1n) is 6.45. The molecule has 0 saturated heterocycles. The largest absolute Gasteiger partial charge is 0.444 e. The quantitative estimate of drug-likeness (QED) is 0.826. The van der Waals surface area contributed by atoms with Crippen LogP contribution in [0, 0.1) is 5.82 Å². The molecule has 1 rings (SSSR count). The zero-order valence-electron chi connectivity index (χ0n) is 12.2. The summed E-state index contributed by atoms with van der Waals surface area (Å²) in [5.41, 5.74) is 5.53. The molecule has 3 N–H and O–H groups in total. The highest BCUT2D eigenvalue weighted by atomic mass is 35.5. The van der Waals surface area contributed by atoms with E-state index in [0.29, 0.717) is 10.6 Å². The number of rotatable bonds is 4. The monoisotopic (exact) mass is 336 g/mol. The second-order valence-electron chi connectivity index (χ2n) is 5.64. The van der Waals surface area contributed by atoms with Crippen molar-refractivity contribution in [2.45, 2.75) is 38.8 Å². The van der Waals surface area contributed by atoms with Crippen LogP contribution in [0.5, 0.6) is 0 Å². The number of amides is 1. The van der Waals surface area contributed by atoms with Gasteiger partial charge in [0.25, 0.3) is 0 Å². The third-order valence-electron chi connectivity index (χ3n) is 2.56. The Morgan fingerprint density at radius 1 is 1.38 bits per heavy atom. The topological polar surface area (TPSA) is 64.3 Å². The van der Waals surface area contributed by atoms with Gasteiger partial charge in [-0.1, -0.05) is 23.2 Å². The smallest absolute Gasteiger partial charge is 0.407 e. The van der Waals surface area contributed by atoms with Crippen molar-refractivity contribution in [1.29, 1.82) is 0 Å². The first-order chi connectivity index (χ1) is 9.62. The predicted octanol–water partition coefficient (Wildman–Crippen LogP) is 3.53. The lowest BCUT2D eigenvalue weighted by atomic mass is 10.1. The summed E-state index contributed by atoms with van der Waals surface area (Å²) in [7, 11) is 0. The van der Waals surface area contributed by atoms with Crippen LogP contribution in [-0.2, 0) is 11.2 Å². The molecule has 0 aliphatic heterocycles. The number of nitrogens with two attached hydrogens (primary N) is 1. The van der Waals surface area contributed by atoms with E-state index in [2.05, 4.69) is 5.32 Å². The van der Waals surface area contributed by atoms with Gasteiger partial charge in [-0.25, -0.2) is 9.18 Å². The second-order valence-corrected chi connectivity index (χ2v) is 6.46. The van der Waals surface area contributed by atoms with E-state index in [-0.39, 0.29) is 18.0 Å². The van der Waals surface area contributed by atoms with Crippen molar-refractivity contribution in [2.75, 3.05) is 6.54 Å². The summed E-state index contributed by atoms with van der Waals surface area (Å²) in [4.78, 5) is 11.7. The number of nitrogens with one attached hydrogen (secondary N) is 1. The van der Waals surface area contributed by atoms with Gasteiger partial charge in [0.2, 0.25) is 0 Å². The number of alkyl carbamates (subject to hydrolysis) is 1. The van der Waals surface area contributed by atoms with E-state index in [0.717, 1.165) is 0 Å². The summed E-state index contributed by atoms with van der Waals surface area (Å²) in [5.74, 6) is -0.566. The van der Waals surface area contributed by atoms with Gasteiger partial charge in [-0.05, 0) is 44.9 Å². The molecule has 1 atom stereocenters. The highest BCUT2D eigenvalue weighted by Crippen LogP contribution is 2.25. The number of hydrogen-bond acceptors (Lipinski definition) is 3. The van der Waals surface area contributed by atoms with E-state index in [1.165, 1.54) is 12.1 Å². The fourth-order valence-electron chi connectivity index (χ4n) is 1.65. The lowest BCUT2D eigenvalue weighted by Gasteiger charge is -2.23. The number of benzene rings is 1. The van der Waals surface area contributed by atoms with Crippen LogP contribution in [0.25, 0.3) is 0 Å². The molecule has 0 aliphatic carbocycles. The average Bonchev–Trinajstić information content (AvgIpc) is 2.32. The van der Waals surface area contributed by atoms with Crippen LogP contribution in [0.2, 0.25) is 10.0 Å². The summed E-state index contributed by atoms with van der Waals surface area (Å²) in [5, 5.41) is 2.91. The molecule has 1 aromatic rings. The third-order valence-corrected chi connectivity index (χ3v) is 3.20.